The van der Waals surface area contributed by atoms with E-state index < -0.39 is 11.4 Å². The zero-order valence-corrected chi connectivity index (χ0v) is 13.5. The molecule has 21 heavy (non-hydrogen) atoms. The number of carbonyl (C=O) groups excluding carboxylic acids is 1. The topological polar surface area (TPSA) is 62.5 Å². The van der Waals surface area contributed by atoms with E-state index in [1.807, 2.05) is 6.92 Å². The van der Waals surface area contributed by atoms with Gasteiger partial charge in [-0.15, -0.1) is 0 Å². The lowest BCUT2D eigenvalue weighted by Gasteiger charge is -2.24. The number of hydrogen-bond donors (Lipinski definition) is 1. The van der Waals surface area contributed by atoms with E-state index in [1.54, 1.807) is 11.9 Å². The maximum absolute atomic E-state index is 12.5. The number of amides is 1. The van der Waals surface area contributed by atoms with Crippen LogP contribution in [0, 0.1) is 5.41 Å². The SMILES string of the molecule is CCCC1(C(=O)O)CCN(C(=O)c2cc(Cl)c(Cl)n2C)C1. The monoisotopic (exact) mass is 332 g/mol. The molecule has 1 aromatic rings. The summed E-state index contributed by atoms with van der Waals surface area (Å²) in [7, 11) is 1.66. The van der Waals surface area contributed by atoms with Gasteiger partial charge < -0.3 is 14.6 Å². The minimum atomic E-state index is -0.831. The number of carboxylic acids is 1. The Balaban J connectivity index is 2.22. The van der Waals surface area contributed by atoms with Crippen molar-refractivity contribution in [3.63, 3.8) is 0 Å². The molecule has 1 aliphatic rings. The Morgan fingerprint density at radius 1 is 1.43 bits per heavy atom. The molecular weight excluding hydrogens is 315 g/mol. The van der Waals surface area contributed by atoms with E-state index in [1.165, 1.54) is 10.6 Å². The number of nitrogens with zero attached hydrogens (tertiary/aromatic N) is 2. The Morgan fingerprint density at radius 3 is 2.57 bits per heavy atom. The van der Waals surface area contributed by atoms with Crippen molar-refractivity contribution in [1.29, 1.82) is 0 Å². The van der Waals surface area contributed by atoms with Gasteiger partial charge in [-0.25, -0.2) is 0 Å². The molecule has 7 heteroatoms. The number of aromatic nitrogens is 1. The predicted molar refractivity (Wildman–Crippen MR) is 80.9 cm³/mol. The highest BCUT2D eigenvalue weighted by molar-refractivity contribution is 6.41. The van der Waals surface area contributed by atoms with Crippen LogP contribution >= 0.6 is 23.2 Å². The van der Waals surface area contributed by atoms with E-state index in [9.17, 15) is 14.7 Å². The van der Waals surface area contributed by atoms with Gasteiger partial charge in [-0.2, -0.15) is 0 Å². The van der Waals surface area contributed by atoms with Crippen molar-refractivity contribution in [2.75, 3.05) is 13.1 Å². The van der Waals surface area contributed by atoms with Crippen molar-refractivity contribution < 1.29 is 14.7 Å². The van der Waals surface area contributed by atoms with E-state index in [0.29, 0.717) is 35.3 Å². The first-order valence-electron chi connectivity index (χ1n) is 6.86. The first-order valence-corrected chi connectivity index (χ1v) is 7.61. The summed E-state index contributed by atoms with van der Waals surface area (Å²) in [5.74, 6) is -1.06. The van der Waals surface area contributed by atoms with Gasteiger partial charge in [0.25, 0.3) is 5.91 Å². The van der Waals surface area contributed by atoms with E-state index in [0.717, 1.165) is 6.42 Å². The summed E-state index contributed by atoms with van der Waals surface area (Å²) >= 11 is 11.9. The van der Waals surface area contributed by atoms with Crippen LogP contribution in [0.15, 0.2) is 6.07 Å². The number of halogens is 2. The molecule has 116 valence electrons. The molecule has 1 aromatic heterocycles. The fourth-order valence-corrected chi connectivity index (χ4v) is 3.30. The van der Waals surface area contributed by atoms with Crippen LogP contribution in [0.1, 0.15) is 36.7 Å². The van der Waals surface area contributed by atoms with Gasteiger partial charge in [-0.1, -0.05) is 36.5 Å². The van der Waals surface area contributed by atoms with E-state index in [-0.39, 0.29) is 12.5 Å². The van der Waals surface area contributed by atoms with Crippen LogP contribution in [-0.2, 0) is 11.8 Å². The van der Waals surface area contributed by atoms with Gasteiger partial charge in [0, 0.05) is 20.1 Å². The number of rotatable bonds is 4. The van der Waals surface area contributed by atoms with Crippen molar-refractivity contribution in [3.8, 4) is 0 Å². The van der Waals surface area contributed by atoms with E-state index in [4.69, 9.17) is 23.2 Å². The van der Waals surface area contributed by atoms with Crippen molar-refractivity contribution in [2.45, 2.75) is 26.2 Å². The lowest BCUT2D eigenvalue weighted by Crippen LogP contribution is -2.37. The largest absolute Gasteiger partial charge is 0.481 e. The Bertz CT molecular complexity index is 585. The summed E-state index contributed by atoms with van der Waals surface area (Å²) in [6.07, 6.45) is 1.82. The standard InChI is InChI=1S/C14H18Cl2N2O3/c1-3-4-14(13(20)21)5-6-18(8-14)12(19)10-7-9(15)11(16)17(10)2/h7H,3-6,8H2,1-2H3,(H,20,21). The fraction of sp³-hybridized carbons (Fsp3) is 0.571. The second-order valence-corrected chi connectivity index (χ2v) is 6.30. The van der Waals surface area contributed by atoms with Crippen molar-refractivity contribution in [1.82, 2.24) is 9.47 Å². The molecule has 1 amide bonds. The lowest BCUT2D eigenvalue weighted by atomic mass is 9.83. The highest BCUT2D eigenvalue weighted by Gasteiger charge is 2.45. The third-order valence-corrected chi connectivity index (χ3v) is 5.00. The highest BCUT2D eigenvalue weighted by atomic mass is 35.5. The second kappa shape index (κ2) is 5.89. The van der Waals surface area contributed by atoms with Gasteiger partial charge in [0.2, 0.25) is 0 Å². The molecule has 2 rings (SSSR count). The average molecular weight is 333 g/mol. The molecule has 0 aromatic carbocycles. The van der Waals surface area contributed by atoms with Crippen LogP contribution in [0.2, 0.25) is 10.2 Å². The molecule has 1 saturated heterocycles. The number of carboxylic acid groups (broad SMARTS) is 1. The van der Waals surface area contributed by atoms with Crippen molar-refractivity contribution in [3.05, 3.63) is 21.9 Å². The molecule has 0 radical (unpaired) electrons. The molecule has 1 atom stereocenters. The van der Waals surface area contributed by atoms with Crippen LogP contribution in [0.25, 0.3) is 0 Å². The summed E-state index contributed by atoms with van der Waals surface area (Å²) < 4.78 is 1.52. The van der Waals surface area contributed by atoms with Crippen LogP contribution in [0.4, 0.5) is 0 Å². The Hall–Kier alpha value is -1.20. The third-order valence-electron chi connectivity index (χ3n) is 4.16. The smallest absolute Gasteiger partial charge is 0.311 e. The molecular formula is C14H18Cl2N2O3. The van der Waals surface area contributed by atoms with Gasteiger partial charge in [-0.05, 0) is 18.9 Å². The summed E-state index contributed by atoms with van der Waals surface area (Å²) in [6, 6.07) is 1.52. The molecule has 0 bridgehead atoms. The molecule has 5 nitrogen and oxygen atoms in total. The molecule has 1 unspecified atom stereocenters. The van der Waals surface area contributed by atoms with Gasteiger partial charge in [0.1, 0.15) is 10.8 Å². The molecule has 1 fully saturated rings. The summed E-state index contributed by atoms with van der Waals surface area (Å²) in [6.45, 7) is 2.62. The maximum Gasteiger partial charge on any atom is 0.311 e. The minimum absolute atomic E-state index is 0.231. The van der Waals surface area contributed by atoms with E-state index >= 15 is 0 Å². The van der Waals surface area contributed by atoms with Gasteiger partial charge in [-0.3, -0.25) is 9.59 Å². The minimum Gasteiger partial charge on any atom is -0.481 e. The summed E-state index contributed by atoms with van der Waals surface area (Å²) in [4.78, 5) is 25.7. The lowest BCUT2D eigenvalue weighted by molar-refractivity contribution is -0.148. The first-order chi connectivity index (χ1) is 9.82. The molecule has 0 spiro atoms. The van der Waals surface area contributed by atoms with Crippen molar-refractivity contribution >= 4 is 35.1 Å². The molecule has 0 aliphatic carbocycles. The average Bonchev–Trinajstić information content (AvgIpc) is 2.97. The highest BCUT2D eigenvalue weighted by Crippen LogP contribution is 2.36. The Kier molecular flexibility index (Phi) is 4.54. The Morgan fingerprint density at radius 2 is 2.10 bits per heavy atom. The van der Waals surface area contributed by atoms with Gasteiger partial charge in [0.05, 0.1) is 10.4 Å². The zero-order valence-electron chi connectivity index (χ0n) is 12.0. The molecule has 0 saturated carbocycles. The molecule has 1 N–H and O–H groups in total. The number of hydrogen-bond acceptors (Lipinski definition) is 2. The van der Waals surface area contributed by atoms with Gasteiger partial charge >= 0.3 is 5.97 Å². The summed E-state index contributed by atoms with van der Waals surface area (Å²) in [5, 5.41) is 10.1. The normalized spacial score (nSPS) is 21.8. The van der Waals surface area contributed by atoms with E-state index in [2.05, 4.69) is 0 Å². The number of carbonyl (C=O) groups is 2. The quantitative estimate of drug-likeness (QED) is 0.921. The Labute approximate surface area is 133 Å². The third kappa shape index (κ3) is 2.77. The zero-order chi connectivity index (χ0) is 15.8. The molecule has 2 heterocycles. The fourth-order valence-electron chi connectivity index (χ4n) is 2.92. The maximum atomic E-state index is 12.5. The van der Waals surface area contributed by atoms with Crippen LogP contribution in [-0.4, -0.2) is 39.5 Å². The molecule has 1 aliphatic heterocycles. The van der Waals surface area contributed by atoms with Crippen LogP contribution in [0.3, 0.4) is 0 Å². The predicted octanol–water partition coefficient (Wildman–Crippen LogP) is 3.05. The second-order valence-electron chi connectivity index (χ2n) is 5.54. The number of aliphatic carboxylic acids is 1. The summed E-state index contributed by atoms with van der Waals surface area (Å²) in [5.41, 5.74) is -0.453. The van der Waals surface area contributed by atoms with Crippen LogP contribution in [0.5, 0.6) is 0 Å². The first kappa shape index (κ1) is 16.2. The van der Waals surface area contributed by atoms with Crippen LogP contribution < -0.4 is 0 Å². The van der Waals surface area contributed by atoms with Gasteiger partial charge in [0.15, 0.2) is 0 Å². The number of likely N-dealkylation sites (tertiary alicyclic amines) is 1. The van der Waals surface area contributed by atoms with Crippen molar-refractivity contribution in [2.24, 2.45) is 12.5 Å².